The van der Waals surface area contributed by atoms with Crippen molar-refractivity contribution < 1.29 is 4.79 Å². The Morgan fingerprint density at radius 1 is 1.52 bits per heavy atom. The topological polar surface area (TPSA) is 75.1 Å². The van der Waals surface area contributed by atoms with Crippen molar-refractivity contribution in [3.05, 3.63) is 48.6 Å². The molecule has 0 bridgehead atoms. The van der Waals surface area contributed by atoms with Crippen LogP contribution in [0.15, 0.2) is 47.9 Å². The van der Waals surface area contributed by atoms with E-state index in [2.05, 4.69) is 27.1 Å². The molecule has 1 aliphatic carbocycles. The number of aryl methyl sites for hydroxylation is 1. The normalized spacial score (nSPS) is 15.0. The zero-order valence-corrected chi connectivity index (χ0v) is 11.8. The van der Waals surface area contributed by atoms with Gasteiger partial charge in [-0.05, 0) is 25.0 Å². The monoisotopic (exact) mass is 283 g/mol. The van der Waals surface area contributed by atoms with Gasteiger partial charge in [-0.25, -0.2) is 4.99 Å². The number of ketones is 1. The number of hydrogen-bond donors (Lipinski definition) is 2. The molecule has 0 spiro atoms. The zero-order valence-electron chi connectivity index (χ0n) is 11.8. The minimum Gasteiger partial charge on any atom is -0.348 e. The number of carbonyl (C=O) groups excluding carboxylic acids is 1. The number of aromatic amines is 1. The summed E-state index contributed by atoms with van der Waals surface area (Å²) in [5, 5.41) is 9.72. The fraction of sp³-hybridized carbons (Fsp3) is 0.267. The first kappa shape index (κ1) is 13.4. The van der Waals surface area contributed by atoms with Gasteiger partial charge in [0.05, 0.1) is 17.6 Å². The van der Waals surface area contributed by atoms with E-state index in [-0.39, 0.29) is 11.7 Å². The number of rotatable bonds is 5. The maximum atomic E-state index is 12.1. The molecule has 6 nitrogen and oxygen atoms in total. The van der Waals surface area contributed by atoms with Gasteiger partial charge >= 0.3 is 0 Å². The first-order valence-electron chi connectivity index (χ1n) is 6.85. The highest BCUT2D eigenvalue weighted by molar-refractivity contribution is 6.06. The Morgan fingerprint density at radius 2 is 2.33 bits per heavy atom. The molecular formula is C15H17N5O. The number of aromatic nitrogens is 3. The molecule has 1 aliphatic rings. The number of allylic oxidation sites excluding steroid dienone is 1. The van der Waals surface area contributed by atoms with Gasteiger partial charge in [-0.2, -0.15) is 5.10 Å². The Morgan fingerprint density at radius 3 is 2.90 bits per heavy atom. The molecule has 2 N–H and O–H groups in total. The molecule has 2 aromatic rings. The second-order valence-corrected chi connectivity index (χ2v) is 5.15. The van der Waals surface area contributed by atoms with Crippen molar-refractivity contribution in [3.8, 4) is 0 Å². The minimum atomic E-state index is 0.0709. The van der Waals surface area contributed by atoms with E-state index in [1.807, 2.05) is 29.9 Å². The molecule has 1 fully saturated rings. The summed E-state index contributed by atoms with van der Waals surface area (Å²) in [7, 11) is 1.92. The number of Topliss-reactive ketones (excluding diaryl/α,β-unsaturated/α-hetero) is 1. The van der Waals surface area contributed by atoms with Crippen molar-refractivity contribution in [2.45, 2.75) is 12.8 Å². The quantitative estimate of drug-likeness (QED) is 0.500. The number of amidine groups is 1. The highest BCUT2D eigenvalue weighted by Gasteiger charge is 2.31. The van der Waals surface area contributed by atoms with Crippen LogP contribution in [0.5, 0.6) is 0 Å². The number of aliphatic imine (C=N–C) groups is 1. The Hall–Kier alpha value is -2.63. The molecule has 6 heteroatoms. The van der Waals surface area contributed by atoms with Crippen LogP contribution in [0.1, 0.15) is 18.5 Å². The molecule has 0 unspecified atom stereocenters. The van der Waals surface area contributed by atoms with Gasteiger partial charge in [0.25, 0.3) is 0 Å². The third-order valence-electron chi connectivity index (χ3n) is 3.42. The molecule has 0 atom stereocenters. The predicted molar refractivity (Wildman–Crippen MR) is 80.2 cm³/mol. The third kappa shape index (κ3) is 2.94. The summed E-state index contributed by atoms with van der Waals surface area (Å²) in [5.74, 6) is 1.39. The van der Waals surface area contributed by atoms with Crippen LogP contribution in [0.4, 0.5) is 5.82 Å². The summed E-state index contributed by atoms with van der Waals surface area (Å²) < 4.78 is 1.93. The van der Waals surface area contributed by atoms with Gasteiger partial charge in [0, 0.05) is 25.2 Å². The zero-order chi connectivity index (χ0) is 14.8. The van der Waals surface area contributed by atoms with Gasteiger partial charge in [-0.15, -0.1) is 0 Å². The first-order chi connectivity index (χ1) is 10.1. The Balaban J connectivity index is 1.87. The van der Waals surface area contributed by atoms with Crippen molar-refractivity contribution >= 4 is 17.4 Å². The van der Waals surface area contributed by atoms with Crippen LogP contribution in [0.2, 0.25) is 0 Å². The molecule has 0 aliphatic heterocycles. The van der Waals surface area contributed by atoms with Crippen LogP contribution in [-0.2, 0) is 11.8 Å². The standard InChI is InChI=1S/C15H17N5O/c1-10(14(21)11-5-6-11)17-15(12-4-3-9-20(12)2)18-13-7-8-16-19-13/h3-4,7-9,11H,1,5-6H2,2H3,(H2,16,17,18,19). The largest absolute Gasteiger partial charge is 0.348 e. The predicted octanol–water partition coefficient (Wildman–Crippen LogP) is 1.91. The van der Waals surface area contributed by atoms with Crippen molar-refractivity contribution in [3.63, 3.8) is 0 Å². The highest BCUT2D eigenvalue weighted by Crippen LogP contribution is 2.31. The lowest BCUT2D eigenvalue weighted by Crippen LogP contribution is -2.29. The van der Waals surface area contributed by atoms with E-state index >= 15 is 0 Å². The summed E-state index contributed by atoms with van der Waals surface area (Å²) in [5.41, 5.74) is 1.26. The second kappa shape index (κ2) is 5.40. The number of hydrogen-bond acceptors (Lipinski definition) is 3. The van der Waals surface area contributed by atoms with Crippen LogP contribution in [-0.4, -0.2) is 26.4 Å². The fourth-order valence-electron chi connectivity index (χ4n) is 2.08. The van der Waals surface area contributed by atoms with E-state index in [1.165, 1.54) is 0 Å². The van der Waals surface area contributed by atoms with Gasteiger partial charge in [-0.3, -0.25) is 9.89 Å². The number of nitrogens with one attached hydrogen (secondary N) is 2. The third-order valence-corrected chi connectivity index (χ3v) is 3.42. The lowest BCUT2D eigenvalue weighted by molar-refractivity contribution is -0.116. The number of H-pyrrole nitrogens is 1. The molecule has 2 aromatic heterocycles. The molecule has 0 amide bonds. The Labute approximate surface area is 122 Å². The SMILES string of the molecule is C=C(N/C(=N\c1ccn[nH]1)c1cccn1C)C(=O)C1CC1. The van der Waals surface area contributed by atoms with Crippen molar-refractivity contribution in [1.29, 1.82) is 0 Å². The Bertz CT molecular complexity index is 691. The van der Waals surface area contributed by atoms with Crippen LogP contribution >= 0.6 is 0 Å². The molecule has 0 aromatic carbocycles. The highest BCUT2D eigenvalue weighted by atomic mass is 16.1. The molecule has 2 heterocycles. The lowest BCUT2D eigenvalue weighted by Gasteiger charge is -2.12. The van der Waals surface area contributed by atoms with Crippen LogP contribution in [0.25, 0.3) is 0 Å². The first-order valence-corrected chi connectivity index (χ1v) is 6.85. The average Bonchev–Trinajstić information content (AvgIpc) is 3.03. The fourth-order valence-corrected chi connectivity index (χ4v) is 2.08. The van der Waals surface area contributed by atoms with Crippen LogP contribution < -0.4 is 5.32 Å². The second-order valence-electron chi connectivity index (χ2n) is 5.15. The molecular weight excluding hydrogens is 266 g/mol. The molecule has 1 saturated carbocycles. The summed E-state index contributed by atoms with van der Waals surface area (Å²) in [6.07, 6.45) is 5.46. The Kier molecular flexibility index (Phi) is 3.43. The van der Waals surface area contributed by atoms with E-state index in [1.54, 1.807) is 12.3 Å². The van der Waals surface area contributed by atoms with E-state index < -0.39 is 0 Å². The van der Waals surface area contributed by atoms with Crippen molar-refractivity contribution in [2.75, 3.05) is 0 Å². The van der Waals surface area contributed by atoms with Gasteiger partial charge in [0.2, 0.25) is 0 Å². The molecule has 0 saturated heterocycles. The minimum absolute atomic E-state index is 0.0709. The van der Waals surface area contributed by atoms with E-state index in [9.17, 15) is 4.79 Å². The van der Waals surface area contributed by atoms with Crippen LogP contribution in [0.3, 0.4) is 0 Å². The lowest BCUT2D eigenvalue weighted by atomic mass is 10.2. The molecule has 0 radical (unpaired) electrons. The van der Waals surface area contributed by atoms with Gasteiger partial charge < -0.3 is 9.88 Å². The van der Waals surface area contributed by atoms with Gasteiger partial charge in [-0.1, -0.05) is 6.58 Å². The summed E-state index contributed by atoms with van der Waals surface area (Å²) >= 11 is 0. The van der Waals surface area contributed by atoms with E-state index in [4.69, 9.17) is 0 Å². The van der Waals surface area contributed by atoms with Gasteiger partial charge in [0.1, 0.15) is 5.82 Å². The smallest absolute Gasteiger partial charge is 0.181 e. The summed E-state index contributed by atoms with van der Waals surface area (Å²) in [6.45, 7) is 3.85. The van der Waals surface area contributed by atoms with Crippen LogP contribution in [0, 0.1) is 5.92 Å². The number of carbonyl (C=O) groups is 1. The van der Waals surface area contributed by atoms with E-state index in [0.717, 1.165) is 18.5 Å². The van der Waals surface area contributed by atoms with Crippen molar-refractivity contribution in [2.24, 2.45) is 18.0 Å². The summed E-state index contributed by atoms with van der Waals surface area (Å²) in [4.78, 5) is 16.5. The van der Waals surface area contributed by atoms with Crippen molar-refractivity contribution in [1.82, 2.24) is 20.1 Å². The molecule has 21 heavy (non-hydrogen) atoms. The number of nitrogens with zero attached hydrogens (tertiary/aromatic N) is 3. The molecule has 3 rings (SSSR count). The maximum Gasteiger partial charge on any atom is 0.181 e. The van der Waals surface area contributed by atoms with E-state index in [0.29, 0.717) is 17.4 Å². The maximum absolute atomic E-state index is 12.1. The average molecular weight is 283 g/mol. The summed E-state index contributed by atoms with van der Waals surface area (Å²) in [6, 6.07) is 5.61. The molecule has 108 valence electrons. The van der Waals surface area contributed by atoms with Gasteiger partial charge in [0.15, 0.2) is 11.6 Å².